The zero-order valence-electron chi connectivity index (χ0n) is 11.0. The van der Waals surface area contributed by atoms with Crippen molar-refractivity contribution in [3.63, 3.8) is 0 Å². The highest BCUT2D eigenvalue weighted by molar-refractivity contribution is 5.63. The van der Waals surface area contributed by atoms with Gasteiger partial charge < -0.3 is 0 Å². The van der Waals surface area contributed by atoms with Crippen LogP contribution >= 0.6 is 0 Å². The van der Waals surface area contributed by atoms with Crippen LogP contribution < -0.4 is 0 Å². The van der Waals surface area contributed by atoms with Gasteiger partial charge in [-0.25, -0.2) is 4.39 Å². The Morgan fingerprint density at radius 1 is 1.05 bits per heavy atom. The molecule has 0 aliphatic rings. The number of nitrogens with zero attached hydrogens (tertiary/aromatic N) is 1. The molecule has 106 valence electrons. The second kappa shape index (κ2) is 5.23. The number of rotatable bonds is 2. The molecule has 1 nitrogen and oxygen atoms in total. The molecule has 0 spiro atoms. The standard InChI is InChI=1S/C15H13F4N/c1-9(2)14-13(16)7-11(8-20-14)10-4-3-5-12(6-10)15(17,18)19/h3-9H,1-2H3. The molecule has 20 heavy (non-hydrogen) atoms. The van der Waals surface area contributed by atoms with Gasteiger partial charge in [0.2, 0.25) is 0 Å². The number of pyridine rings is 1. The largest absolute Gasteiger partial charge is 0.416 e. The first kappa shape index (κ1) is 14.5. The Labute approximate surface area is 114 Å². The minimum absolute atomic E-state index is 0.0782. The van der Waals surface area contributed by atoms with E-state index >= 15 is 0 Å². The molecular weight excluding hydrogens is 270 g/mol. The number of aromatic nitrogens is 1. The first-order valence-electron chi connectivity index (χ1n) is 6.12. The molecule has 0 saturated heterocycles. The molecule has 0 unspecified atom stereocenters. The quantitative estimate of drug-likeness (QED) is 0.704. The Hall–Kier alpha value is -1.91. The van der Waals surface area contributed by atoms with Gasteiger partial charge in [-0.05, 0) is 29.7 Å². The lowest BCUT2D eigenvalue weighted by Crippen LogP contribution is -2.04. The van der Waals surface area contributed by atoms with Gasteiger partial charge in [0.05, 0.1) is 11.3 Å². The van der Waals surface area contributed by atoms with Crippen molar-refractivity contribution >= 4 is 0 Å². The fourth-order valence-corrected chi connectivity index (χ4v) is 1.91. The number of alkyl halides is 3. The van der Waals surface area contributed by atoms with Crippen molar-refractivity contribution in [1.82, 2.24) is 4.98 Å². The van der Waals surface area contributed by atoms with Crippen molar-refractivity contribution < 1.29 is 17.6 Å². The first-order valence-corrected chi connectivity index (χ1v) is 6.12. The van der Waals surface area contributed by atoms with Crippen LogP contribution in [0.1, 0.15) is 31.0 Å². The fraction of sp³-hybridized carbons (Fsp3) is 0.267. The highest BCUT2D eigenvalue weighted by Crippen LogP contribution is 2.32. The molecule has 0 N–H and O–H groups in total. The highest BCUT2D eigenvalue weighted by Gasteiger charge is 2.30. The zero-order chi connectivity index (χ0) is 14.9. The van der Waals surface area contributed by atoms with Crippen molar-refractivity contribution in [2.24, 2.45) is 0 Å². The average molecular weight is 283 g/mol. The minimum atomic E-state index is -4.42. The van der Waals surface area contributed by atoms with Gasteiger partial charge in [0, 0.05) is 11.8 Å². The summed E-state index contributed by atoms with van der Waals surface area (Å²) in [6.07, 6.45) is -3.02. The molecule has 1 heterocycles. The molecule has 0 aliphatic heterocycles. The smallest absolute Gasteiger partial charge is 0.257 e. The molecule has 0 radical (unpaired) electrons. The molecule has 1 aromatic heterocycles. The summed E-state index contributed by atoms with van der Waals surface area (Å²) in [4.78, 5) is 3.99. The second-order valence-corrected chi connectivity index (χ2v) is 4.82. The maximum atomic E-state index is 13.8. The van der Waals surface area contributed by atoms with Gasteiger partial charge in [0.1, 0.15) is 5.82 Å². The number of halogens is 4. The van der Waals surface area contributed by atoms with Gasteiger partial charge in [-0.2, -0.15) is 13.2 Å². The van der Waals surface area contributed by atoms with Crippen LogP contribution in [-0.4, -0.2) is 4.98 Å². The third kappa shape index (κ3) is 2.98. The predicted octanol–water partition coefficient (Wildman–Crippen LogP) is 5.03. The summed E-state index contributed by atoms with van der Waals surface area (Å²) in [6, 6.07) is 5.99. The SMILES string of the molecule is CC(C)c1ncc(-c2cccc(C(F)(F)F)c2)cc1F. The van der Waals surface area contributed by atoms with Crippen LogP contribution in [0.25, 0.3) is 11.1 Å². The lowest BCUT2D eigenvalue weighted by Gasteiger charge is -2.10. The number of hydrogen-bond acceptors (Lipinski definition) is 1. The molecule has 2 aromatic rings. The lowest BCUT2D eigenvalue weighted by molar-refractivity contribution is -0.137. The van der Waals surface area contributed by atoms with E-state index in [2.05, 4.69) is 4.98 Å². The monoisotopic (exact) mass is 283 g/mol. The van der Waals surface area contributed by atoms with E-state index in [4.69, 9.17) is 0 Å². The summed E-state index contributed by atoms with van der Waals surface area (Å²) in [5, 5.41) is 0. The number of hydrogen-bond donors (Lipinski definition) is 0. The van der Waals surface area contributed by atoms with E-state index in [1.54, 1.807) is 13.8 Å². The van der Waals surface area contributed by atoms with E-state index in [-0.39, 0.29) is 5.92 Å². The Bertz CT molecular complexity index is 618. The molecule has 1 aromatic carbocycles. The second-order valence-electron chi connectivity index (χ2n) is 4.82. The zero-order valence-corrected chi connectivity index (χ0v) is 11.0. The Morgan fingerprint density at radius 3 is 2.30 bits per heavy atom. The molecule has 0 bridgehead atoms. The average Bonchev–Trinajstić information content (AvgIpc) is 2.37. The van der Waals surface area contributed by atoms with E-state index in [1.807, 2.05) is 0 Å². The topological polar surface area (TPSA) is 12.9 Å². The van der Waals surface area contributed by atoms with Crippen molar-refractivity contribution in [3.8, 4) is 11.1 Å². The van der Waals surface area contributed by atoms with Crippen LogP contribution in [0, 0.1) is 5.82 Å². The van der Waals surface area contributed by atoms with E-state index < -0.39 is 17.6 Å². The molecule has 0 fully saturated rings. The van der Waals surface area contributed by atoms with Gasteiger partial charge in [-0.3, -0.25) is 4.98 Å². The van der Waals surface area contributed by atoms with Crippen molar-refractivity contribution in [2.45, 2.75) is 25.9 Å². The van der Waals surface area contributed by atoms with E-state index in [9.17, 15) is 17.6 Å². The summed E-state index contributed by atoms with van der Waals surface area (Å²) in [5.74, 6) is -0.583. The third-order valence-corrected chi connectivity index (χ3v) is 2.94. The van der Waals surface area contributed by atoms with Crippen LogP contribution in [0.5, 0.6) is 0 Å². The van der Waals surface area contributed by atoms with Gasteiger partial charge in [-0.15, -0.1) is 0 Å². The van der Waals surface area contributed by atoms with Crippen LogP contribution in [0.15, 0.2) is 36.5 Å². The molecular formula is C15H13F4N. The Morgan fingerprint density at radius 2 is 1.75 bits per heavy atom. The molecule has 0 aliphatic carbocycles. The van der Waals surface area contributed by atoms with Crippen molar-refractivity contribution in [3.05, 3.63) is 53.6 Å². The maximum absolute atomic E-state index is 13.8. The lowest BCUT2D eigenvalue weighted by atomic mass is 10.0. The summed E-state index contributed by atoms with van der Waals surface area (Å²) in [6.45, 7) is 3.60. The Kier molecular flexibility index (Phi) is 3.79. The van der Waals surface area contributed by atoms with Crippen LogP contribution in [0.2, 0.25) is 0 Å². The molecule has 5 heteroatoms. The summed E-state index contributed by atoms with van der Waals surface area (Å²) in [7, 11) is 0. The van der Waals surface area contributed by atoms with Crippen LogP contribution in [-0.2, 0) is 6.18 Å². The van der Waals surface area contributed by atoms with Gasteiger partial charge in [0.25, 0.3) is 0 Å². The van der Waals surface area contributed by atoms with Crippen LogP contribution in [0.4, 0.5) is 17.6 Å². The van der Waals surface area contributed by atoms with Crippen molar-refractivity contribution in [1.29, 1.82) is 0 Å². The summed E-state index contributed by atoms with van der Waals surface area (Å²) in [5.41, 5.74) is 0.170. The van der Waals surface area contributed by atoms with E-state index in [1.165, 1.54) is 24.4 Å². The van der Waals surface area contributed by atoms with Gasteiger partial charge in [0.15, 0.2) is 0 Å². The predicted molar refractivity (Wildman–Crippen MR) is 68.7 cm³/mol. The maximum Gasteiger partial charge on any atom is 0.416 e. The summed E-state index contributed by atoms with van der Waals surface area (Å²) < 4.78 is 51.8. The van der Waals surface area contributed by atoms with E-state index in [0.29, 0.717) is 16.8 Å². The highest BCUT2D eigenvalue weighted by atomic mass is 19.4. The van der Waals surface area contributed by atoms with Gasteiger partial charge in [-0.1, -0.05) is 26.0 Å². The fourth-order valence-electron chi connectivity index (χ4n) is 1.91. The molecule has 0 amide bonds. The molecule has 0 saturated carbocycles. The van der Waals surface area contributed by atoms with Crippen molar-refractivity contribution in [2.75, 3.05) is 0 Å². The first-order chi connectivity index (χ1) is 9.29. The Balaban J connectivity index is 2.45. The normalized spacial score (nSPS) is 11.9. The summed E-state index contributed by atoms with van der Waals surface area (Å²) >= 11 is 0. The van der Waals surface area contributed by atoms with Gasteiger partial charge >= 0.3 is 6.18 Å². The molecule has 0 atom stereocenters. The molecule has 2 rings (SSSR count). The third-order valence-electron chi connectivity index (χ3n) is 2.94. The number of benzene rings is 1. The van der Waals surface area contributed by atoms with E-state index in [0.717, 1.165) is 12.1 Å². The minimum Gasteiger partial charge on any atom is -0.257 e. The van der Waals surface area contributed by atoms with Crippen LogP contribution in [0.3, 0.4) is 0 Å².